The molecule has 7 heteroatoms. The van der Waals surface area contributed by atoms with Gasteiger partial charge in [0.15, 0.2) is 0 Å². The van der Waals surface area contributed by atoms with Crippen molar-refractivity contribution in [3.05, 3.63) is 45.6 Å². The van der Waals surface area contributed by atoms with E-state index in [-0.39, 0.29) is 12.5 Å². The molecule has 2 rings (SSSR count). The molecule has 0 fully saturated rings. The molecule has 0 saturated heterocycles. The van der Waals surface area contributed by atoms with Gasteiger partial charge in [0.05, 0.1) is 12.2 Å². The second-order valence-corrected chi connectivity index (χ2v) is 4.66. The quantitative estimate of drug-likeness (QED) is 0.521. The summed E-state index contributed by atoms with van der Waals surface area (Å²) in [5, 5.41) is 1.68. The van der Waals surface area contributed by atoms with E-state index < -0.39 is 5.69 Å². The first-order chi connectivity index (χ1) is 10.1. The van der Waals surface area contributed by atoms with Crippen LogP contribution in [0.3, 0.4) is 0 Å². The van der Waals surface area contributed by atoms with Gasteiger partial charge in [-0.15, -0.1) is 6.42 Å². The van der Waals surface area contributed by atoms with Gasteiger partial charge in [-0.05, 0) is 18.2 Å². The average molecular weight is 304 g/mol. The second kappa shape index (κ2) is 6.39. The number of aryl methyl sites for hydroxylation is 1. The lowest BCUT2D eigenvalue weighted by atomic mass is 10.3. The van der Waals surface area contributed by atoms with Crippen LogP contribution in [0.25, 0.3) is 5.69 Å². The van der Waals surface area contributed by atoms with Gasteiger partial charge in [-0.25, -0.2) is 15.2 Å². The topological polar surface area (TPSA) is 77.0 Å². The van der Waals surface area contributed by atoms with E-state index in [0.29, 0.717) is 23.0 Å². The van der Waals surface area contributed by atoms with E-state index in [1.165, 1.54) is 4.57 Å². The van der Waals surface area contributed by atoms with Crippen molar-refractivity contribution in [1.29, 1.82) is 0 Å². The van der Waals surface area contributed by atoms with E-state index in [4.69, 9.17) is 23.9 Å². The van der Waals surface area contributed by atoms with Crippen molar-refractivity contribution in [2.24, 2.45) is 5.84 Å². The third-order valence-corrected chi connectivity index (χ3v) is 3.01. The van der Waals surface area contributed by atoms with E-state index in [1.807, 2.05) is 6.92 Å². The Morgan fingerprint density at radius 1 is 1.48 bits per heavy atom. The Morgan fingerprint density at radius 2 is 2.24 bits per heavy atom. The number of aromatic nitrogens is 3. The zero-order valence-electron chi connectivity index (χ0n) is 11.5. The van der Waals surface area contributed by atoms with Crippen LogP contribution in [-0.2, 0) is 6.42 Å². The molecule has 1 heterocycles. The highest BCUT2D eigenvalue weighted by Gasteiger charge is 2.13. The molecule has 0 bridgehead atoms. The molecule has 108 valence electrons. The summed E-state index contributed by atoms with van der Waals surface area (Å²) in [5.74, 6) is 8.71. The fourth-order valence-electron chi connectivity index (χ4n) is 1.85. The summed E-state index contributed by atoms with van der Waals surface area (Å²) in [7, 11) is 0. The summed E-state index contributed by atoms with van der Waals surface area (Å²) in [4.78, 5) is 20.4. The van der Waals surface area contributed by atoms with Gasteiger partial charge < -0.3 is 0 Å². The minimum Gasteiger partial charge on any atom is -0.266 e. The van der Waals surface area contributed by atoms with Crippen molar-refractivity contribution >= 4 is 17.5 Å². The molecular weight excluding hydrogens is 290 g/mol. The van der Waals surface area contributed by atoms with Crippen LogP contribution in [0.1, 0.15) is 12.7 Å². The zero-order chi connectivity index (χ0) is 15.4. The lowest BCUT2D eigenvalue weighted by molar-refractivity contribution is 0.742. The van der Waals surface area contributed by atoms with E-state index in [0.717, 1.165) is 5.01 Å². The number of rotatable bonds is 4. The molecule has 0 spiro atoms. The summed E-state index contributed by atoms with van der Waals surface area (Å²) < 4.78 is 1.40. The fraction of sp³-hybridized carbons (Fsp3) is 0.214. The Hall–Kier alpha value is -2.36. The molecule has 1 aromatic heterocycles. The maximum absolute atomic E-state index is 12.3. The molecule has 6 nitrogen and oxygen atoms in total. The highest BCUT2D eigenvalue weighted by Crippen LogP contribution is 2.15. The number of hydrogen-bond donors (Lipinski definition) is 1. The van der Waals surface area contributed by atoms with Gasteiger partial charge in [-0.3, -0.25) is 5.01 Å². The fourth-order valence-corrected chi connectivity index (χ4v) is 2.03. The maximum atomic E-state index is 12.3. The van der Waals surface area contributed by atoms with Crippen molar-refractivity contribution in [1.82, 2.24) is 14.5 Å². The highest BCUT2D eigenvalue weighted by molar-refractivity contribution is 6.30. The maximum Gasteiger partial charge on any atom is 0.356 e. The Morgan fingerprint density at radius 3 is 2.86 bits per heavy atom. The van der Waals surface area contributed by atoms with Crippen LogP contribution in [0.2, 0.25) is 5.02 Å². The first-order valence-corrected chi connectivity index (χ1v) is 6.66. The molecule has 1 aromatic carbocycles. The minimum absolute atomic E-state index is 0.105. The summed E-state index contributed by atoms with van der Waals surface area (Å²) in [5.41, 5.74) is 0.128. The first kappa shape index (κ1) is 15.0. The Balaban J connectivity index is 2.58. The van der Waals surface area contributed by atoms with Crippen molar-refractivity contribution in [3.8, 4) is 18.0 Å². The smallest absolute Gasteiger partial charge is 0.266 e. The standard InChI is InChI=1S/C14H14ClN5O/c1-3-8-19(16)13-17-12(4-2)20(14(21)18-13)11-7-5-6-10(15)9-11/h1,5-7,9H,4,8,16H2,2H3. The molecule has 0 unspecified atom stereocenters. The zero-order valence-corrected chi connectivity index (χ0v) is 12.2. The van der Waals surface area contributed by atoms with Gasteiger partial charge >= 0.3 is 5.69 Å². The third-order valence-electron chi connectivity index (χ3n) is 2.78. The van der Waals surface area contributed by atoms with E-state index in [2.05, 4.69) is 15.9 Å². The van der Waals surface area contributed by atoms with E-state index in [9.17, 15) is 4.79 Å². The molecule has 0 aliphatic rings. The molecule has 21 heavy (non-hydrogen) atoms. The molecule has 2 N–H and O–H groups in total. The first-order valence-electron chi connectivity index (χ1n) is 6.28. The molecule has 2 aromatic rings. The predicted octanol–water partition coefficient (Wildman–Crippen LogP) is 1.16. The molecule has 0 saturated carbocycles. The number of halogens is 1. The van der Waals surface area contributed by atoms with Crippen LogP contribution >= 0.6 is 11.6 Å². The number of benzene rings is 1. The SMILES string of the molecule is C#CCN(N)c1nc(CC)n(-c2cccc(Cl)c2)c(=O)n1. The monoisotopic (exact) mass is 303 g/mol. The van der Waals surface area contributed by atoms with Crippen molar-refractivity contribution in [2.45, 2.75) is 13.3 Å². The second-order valence-electron chi connectivity index (χ2n) is 4.22. The van der Waals surface area contributed by atoms with Crippen LogP contribution in [0.5, 0.6) is 0 Å². The molecule has 0 amide bonds. The number of terminal acetylenes is 1. The molecule has 0 aliphatic carbocycles. The Bertz CT molecular complexity index is 750. The minimum atomic E-state index is -0.480. The summed E-state index contributed by atoms with van der Waals surface area (Å²) >= 11 is 5.96. The summed E-state index contributed by atoms with van der Waals surface area (Å²) in [6, 6.07) is 6.92. The normalized spacial score (nSPS) is 10.2. The molecule has 0 atom stereocenters. The van der Waals surface area contributed by atoms with Gasteiger partial charge in [-0.1, -0.05) is 30.5 Å². The Labute approximate surface area is 127 Å². The van der Waals surface area contributed by atoms with Crippen molar-refractivity contribution in [2.75, 3.05) is 11.6 Å². The lowest BCUT2D eigenvalue weighted by Crippen LogP contribution is -2.37. The van der Waals surface area contributed by atoms with Gasteiger partial charge in [0.1, 0.15) is 5.82 Å². The Kier molecular flexibility index (Phi) is 4.58. The summed E-state index contributed by atoms with van der Waals surface area (Å²) in [6.07, 6.45) is 5.72. The van der Waals surface area contributed by atoms with Crippen LogP contribution in [0, 0.1) is 12.3 Å². The molecular formula is C14H14ClN5O. The lowest BCUT2D eigenvalue weighted by Gasteiger charge is -2.16. The number of anilines is 1. The molecule has 0 aliphatic heterocycles. The van der Waals surface area contributed by atoms with Crippen LogP contribution in [-0.4, -0.2) is 21.1 Å². The van der Waals surface area contributed by atoms with E-state index in [1.54, 1.807) is 24.3 Å². The average Bonchev–Trinajstić information content (AvgIpc) is 2.46. The molecule has 0 radical (unpaired) electrons. The largest absolute Gasteiger partial charge is 0.356 e. The number of hydrogen-bond acceptors (Lipinski definition) is 5. The number of hydrazine groups is 1. The van der Waals surface area contributed by atoms with Crippen LogP contribution in [0.15, 0.2) is 29.1 Å². The van der Waals surface area contributed by atoms with Crippen LogP contribution < -0.4 is 16.5 Å². The predicted molar refractivity (Wildman–Crippen MR) is 82.4 cm³/mol. The van der Waals surface area contributed by atoms with Gasteiger partial charge in [-0.2, -0.15) is 9.97 Å². The third kappa shape index (κ3) is 3.21. The van der Waals surface area contributed by atoms with E-state index >= 15 is 0 Å². The van der Waals surface area contributed by atoms with Gasteiger partial charge in [0.25, 0.3) is 0 Å². The van der Waals surface area contributed by atoms with Crippen molar-refractivity contribution < 1.29 is 0 Å². The van der Waals surface area contributed by atoms with Gasteiger partial charge in [0.2, 0.25) is 5.95 Å². The number of nitrogens with two attached hydrogens (primary N) is 1. The number of nitrogens with zero attached hydrogens (tertiary/aromatic N) is 4. The van der Waals surface area contributed by atoms with Gasteiger partial charge in [0, 0.05) is 11.4 Å². The summed E-state index contributed by atoms with van der Waals surface area (Å²) in [6.45, 7) is 2.00. The highest BCUT2D eigenvalue weighted by atomic mass is 35.5. The van der Waals surface area contributed by atoms with Crippen molar-refractivity contribution in [3.63, 3.8) is 0 Å². The van der Waals surface area contributed by atoms with Crippen LogP contribution in [0.4, 0.5) is 5.95 Å².